The van der Waals surface area contributed by atoms with Crippen molar-refractivity contribution in [1.82, 2.24) is 0 Å². The van der Waals surface area contributed by atoms with Gasteiger partial charge >= 0.3 is 0 Å². The molecule has 0 heterocycles. The summed E-state index contributed by atoms with van der Waals surface area (Å²) in [5.41, 5.74) is 0.924. The molecule has 3 aliphatic carbocycles. The van der Waals surface area contributed by atoms with Crippen LogP contribution < -0.4 is 0 Å². The molecule has 0 aromatic carbocycles. The van der Waals surface area contributed by atoms with E-state index < -0.39 is 8.32 Å². The minimum absolute atomic E-state index is 0.122. The van der Waals surface area contributed by atoms with Crippen molar-refractivity contribution in [3.8, 4) is 0 Å². The van der Waals surface area contributed by atoms with Crippen LogP contribution in [0.15, 0.2) is 11.8 Å². The Bertz CT molecular complexity index is 645. The number of hydrogen-bond acceptors (Lipinski definition) is 3. The number of ether oxygens (including phenoxy) is 1. The van der Waals surface area contributed by atoms with Crippen molar-refractivity contribution < 1.29 is 14.0 Å². The highest BCUT2D eigenvalue weighted by molar-refractivity contribution is 6.74. The SMILES string of the molecule is CC[C@H]1[C@H]2[C@H](C[C@H]1C)[C@H]1C/C(=C/OC(C)C)C(=O)[C@H]1C[C@H]2O[Si](C)(C)C(C)(C)C. The van der Waals surface area contributed by atoms with Crippen LogP contribution in [0, 0.1) is 35.5 Å². The van der Waals surface area contributed by atoms with E-state index in [4.69, 9.17) is 9.16 Å². The van der Waals surface area contributed by atoms with Gasteiger partial charge < -0.3 is 9.16 Å². The first-order chi connectivity index (χ1) is 13.4. The molecule has 0 radical (unpaired) electrons. The molecule has 3 rings (SSSR count). The van der Waals surface area contributed by atoms with E-state index in [1.165, 1.54) is 12.8 Å². The van der Waals surface area contributed by atoms with Crippen molar-refractivity contribution in [2.75, 3.05) is 0 Å². The highest BCUT2D eigenvalue weighted by Crippen LogP contribution is 2.59. The summed E-state index contributed by atoms with van der Waals surface area (Å²) in [6.45, 7) is 20.5. The van der Waals surface area contributed by atoms with Crippen LogP contribution in [0.5, 0.6) is 0 Å². The van der Waals surface area contributed by atoms with Gasteiger partial charge in [-0.15, -0.1) is 0 Å². The second-order valence-corrected chi connectivity index (χ2v) is 16.6. The Labute approximate surface area is 180 Å². The van der Waals surface area contributed by atoms with E-state index >= 15 is 0 Å². The van der Waals surface area contributed by atoms with Crippen molar-refractivity contribution >= 4 is 14.1 Å². The average Bonchev–Trinajstić information content (AvgIpc) is 3.09. The molecule has 3 fully saturated rings. The zero-order chi connectivity index (χ0) is 21.7. The molecule has 29 heavy (non-hydrogen) atoms. The third-order valence-corrected chi connectivity index (χ3v) is 13.2. The maximum absolute atomic E-state index is 13.3. The Kier molecular flexibility index (Phi) is 6.48. The van der Waals surface area contributed by atoms with Crippen molar-refractivity contribution in [2.45, 2.75) is 104 Å². The number of carbonyl (C=O) groups excluding carboxylic acids is 1. The van der Waals surface area contributed by atoms with Gasteiger partial charge in [0.25, 0.3) is 0 Å². The second kappa shape index (κ2) is 8.14. The first-order valence-corrected chi connectivity index (χ1v) is 14.8. The normalized spacial score (nSPS) is 39.2. The summed E-state index contributed by atoms with van der Waals surface area (Å²) in [6, 6.07) is 0. The van der Waals surface area contributed by atoms with Crippen LogP contribution in [-0.4, -0.2) is 26.3 Å². The lowest BCUT2D eigenvalue weighted by molar-refractivity contribution is -0.123. The Hall–Kier alpha value is -0.613. The van der Waals surface area contributed by atoms with Gasteiger partial charge in [0.15, 0.2) is 14.1 Å². The zero-order valence-electron chi connectivity index (χ0n) is 20.2. The van der Waals surface area contributed by atoms with E-state index in [2.05, 4.69) is 47.7 Å². The average molecular weight is 421 g/mol. The quantitative estimate of drug-likeness (QED) is 0.286. The maximum Gasteiger partial charge on any atom is 0.192 e. The van der Waals surface area contributed by atoms with E-state index in [1.54, 1.807) is 6.26 Å². The topological polar surface area (TPSA) is 35.5 Å². The van der Waals surface area contributed by atoms with Gasteiger partial charge in [-0.2, -0.15) is 0 Å². The summed E-state index contributed by atoms with van der Waals surface area (Å²) in [5.74, 6) is 3.66. The van der Waals surface area contributed by atoms with Crippen LogP contribution >= 0.6 is 0 Å². The van der Waals surface area contributed by atoms with Gasteiger partial charge in [-0.3, -0.25) is 4.79 Å². The molecule has 0 aromatic rings. The Morgan fingerprint density at radius 3 is 2.38 bits per heavy atom. The number of fused-ring (bicyclic) bond motifs is 3. The molecule has 7 atom stereocenters. The number of Topliss-reactive ketones (excluding diaryl/α,β-unsaturated/α-hetero) is 1. The lowest BCUT2D eigenvalue weighted by Crippen LogP contribution is -2.51. The summed E-state index contributed by atoms with van der Waals surface area (Å²) in [6.07, 6.45) is 6.45. The molecule has 0 saturated heterocycles. The molecule has 3 saturated carbocycles. The first kappa shape index (κ1) is 23.1. The maximum atomic E-state index is 13.3. The largest absolute Gasteiger partial charge is 0.498 e. The molecule has 0 amide bonds. The fourth-order valence-corrected chi connectivity index (χ4v) is 7.58. The monoisotopic (exact) mass is 420 g/mol. The number of allylic oxidation sites excluding steroid dienone is 1. The highest BCUT2D eigenvalue weighted by Gasteiger charge is 2.58. The van der Waals surface area contributed by atoms with Crippen LogP contribution in [0.3, 0.4) is 0 Å². The van der Waals surface area contributed by atoms with E-state index in [0.29, 0.717) is 23.5 Å². The fraction of sp³-hybridized carbons (Fsp3) is 0.880. The summed E-state index contributed by atoms with van der Waals surface area (Å²) < 4.78 is 12.8. The van der Waals surface area contributed by atoms with Crippen molar-refractivity contribution in [2.24, 2.45) is 35.5 Å². The standard InChI is InChI=1S/C25H44O3Si/c1-10-18-16(4)11-20-19-12-17(14-27-15(2)3)24(26)21(19)13-22(23(18)20)28-29(8,9)25(5,6)7/h14-16,18-23H,10-13H2,1-9H3/b17-14-/t16-,18-,19-,20-,21+,22-,23+/m1/s1. The van der Waals surface area contributed by atoms with Gasteiger partial charge in [0.2, 0.25) is 0 Å². The minimum atomic E-state index is -1.88. The summed E-state index contributed by atoms with van der Waals surface area (Å²) in [5, 5.41) is 0.196. The Morgan fingerprint density at radius 1 is 1.17 bits per heavy atom. The van der Waals surface area contributed by atoms with Crippen molar-refractivity contribution in [3.05, 3.63) is 11.8 Å². The molecular formula is C25H44O3Si. The third-order valence-electron chi connectivity index (χ3n) is 8.66. The lowest BCUT2D eigenvalue weighted by atomic mass is 9.65. The van der Waals surface area contributed by atoms with Crippen molar-refractivity contribution in [3.63, 3.8) is 0 Å². The molecule has 166 valence electrons. The summed E-state index contributed by atoms with van der Waals surface area (Å²) >= 11 is 0. The van der Waals surface area contributed by atoms with Gasteiger partial charge in [-0.05, 0) is 80.8 Å². The molecule has 0 bridgehead atoms. The van der Waals surface area contributed by atoms with Crippen LogP contribution in [-0.2, 0) is 14.0 Å². The van der Waals surface area contributed by atoms with Gasteiger partial charge in [-0.1, -0.05) is 41.0 Å². The smallest absolute Gasteiger partial charge is 0.192 e. The van der Waals surface area contributed by atoms with E-state index in [0.717, 1.165) is 30.3 Å². The van der Waals surface area contributed by atoms with Gasteiger partial charge in [-0.25, -0.2) is 0 Å². The molecular weight excluding hydrogens is 376 g/mol. The predicted octanol–water partition coefficient (Wildman–Crippen LogP) is 6.59. The Morgan fingerprint density at radius 2 is 1.83 bits per heavy atom. The zero-order valence-corrected chi connectivity index (χ0v) is 21.2. The number of carbonyl (C=O) groups is 1. The number of ketones is 1. The number of rotatable bonds is 5. The molecule has 0 unspecified atom stereocenters. The van der Waals surface area contributed by atoms with Gasteiger partial charge in [0.1, 0.15) is 0 Å². The molecule has 0 N–H and O–H groups in total. The van der Waals surface area contributed by atoms with Crippen LogP contribution in [0.2, 0.25) is 18.1 Å². The van der Waals surface area contributed by atoms with Crippen LogP contribution in [0.4, 0.5) is 0 Å². The third kappa shape index (κ3) is 4.26. The molecule has 4 heteroatoms. The van der Waals surface area contributed by atoms with Crippen LogP contribution in [0.1, 0.15) is 74.1 Å². The summed E-state index contributed by atoms with van der Waals surface area (Å²) in [4.78, 5) is 13.3. The highest BCUT2D eigenvalue weighted by atomic mass is 28.4. The minimum Gasteiger partial charge on any atom is -0.498 e. The van der Waals surface area contributed by atoms with E-state index in [-0.39, 0.29) is 23.2 Å². The molecule has 0 aliphatic heterocycles. The predicted molar refractivity (Wildman–Crippen MR) is 122 cm³/mol. The van der Waals surface area contributed by atoms with Gasteiger partial charge in [0, 0.05) is 17.6 Å². The van der Waals surface area contributed by atoms with Gasteiger partial charge in [0.05, 0.1) is 12.4 Å². The van der Waals surface area contributed by atoms with Crippen LogP contribution in [0.25, 0.3) is 0 Å². The van der Waals surface area contributed by atoms with E-state index in [9.17, 15) is 4.79 Å². The summed E-state index contributed by atoms with van der Waals surface area (Å²) in [7, 11) is -1.88. The Balaban J connectivity index is 1.91. The first-order valence-electron chi connectivity index (χ1n) is 11.9. The molecule has 3 nitrogen and oxygen atoms in total. The second-order valence-electron chi connectivity index (χ2n) is 11.8. The van der Waals surface area contributed by atoms with E-state index in [1.807, 2.05) is 13.8 Å². The molecule has 0 aromatic heterocycles. The molecule has 0 spiro atoms. The molecule has 3 aliphatic rings. The number of hydrogen-bond donors (Lipinski definition) is 0. The lowest BCUT2D eigenvalue weighted by Gasteiger charge is -2.48. The fourth-order valence-electron chi connectivity index (χ4n) is 6.22. The van der Waals surface area contributed by atoms with Crippen molar-refractivity contribution in [1.29, 1.82) is 0 Å².